The number of hydrogen-bond donors (Lipinski definition) is 2. The molecule has 0 aliphatic heterocycles. The summed E-state index contributed by atoms with van der Waals surface area (Å²) in [6.07, 6.45) is 2.05. The van der Waals surface area contributed by atoms with Crippen LogP contribution in [0.25, 0.3) is 0 Å². The molecule has 29 heavy (non-hydrogen) atoms. The highest BCUT2D eigenvalue weighted by Gasteiger charge is 2.12. The van der Waals surface area contributed by atoms with Gasteiger partial charge in [0.2, 0.25) is 0 Å². The van der Waals surface area contributed by atoms with E-state index in [0.717, 1.165) is 11.1 Å². The molecule has 154 valence electrons. The van der Waals surface area contributed by atoms with Crippen LogP contribution in [0.5, 0.6) is 11.5 Å². The minimum absolute atomic E-state index is 0.308. The van der Waals surface area contributed by atoms with Crippen LogP contribution in [0.3, 0.4) is 0 Å². The second kappa shape index (κ2) is 10.8. The Morgan fingerprint density at radius 2 is 1.69 bits per heavy atom. The predicted octanol–water partition coefficient (Wildman–Crippen LogP) is 2.64. The Hall–Kier alpha value is -3.35. The lowest BCUT2D eigenvalue weighted by molar-refractivity contribution is -0.139. The minimum atomic E-state index is -0.813. The van der Waals surface area contributed by atoms with Crippen molar-refractivity contribution in [2.75, 3.05) is 20.8 Å². The van der Waals surface area contributed by atoms with Crippen LogP contribution in [0.15, 0.2) is 47.6 Å². The Morgan fingerprint density at radius 1 is 1.00 bits per heavy atom. The van der Waals surface area contributed by atoms with Crippen molar-refractivity contribution >= 4 is 18.0 Å². The summed E-state index contributed by atoms with van der Waals surface area (Å²) in [6, 6.07) is 13.3. The first-order valence-electron chi connectivity index (χ1n) is 9.36. The molecule has 0 radical (unpaired) electrons. The normalized spacial score (nSPS) is 10.8. The lowest BCUT2D eigenvalue weighted by Crippen LogP contribution is -2.38. The Labute approximate surface area is 171 Å². The quantitative estimate of drug-likeness (QED) is 0.407. The van der Waals surface area contributed by atoms with Crippen LogP contribution >= 0.6 is 0 Å². The number of methoxy groups -OCH3 is 2. The number of nitrogens with zero attached hydrogens (tertiary/aromatic N) is 1. The Morgan fingerprint density at radius 3 is 2.31 bits per heavy atom. The summed E-state index contributed by atoms with van der Waals surface area (Å²) in [4.78, 5) is 23.7. The standard InChI is InChI=1S/C22H27N3O4/c1-15(2)18-8-5-17(6-9-18)14-24-25-22(27)21(26)23-12-11-16-7-10-19(28-3)20(13-16)29-4/h5-10,13-15H,11-12H2,1-4H3,(H,23,26)(H,25,27). The highest BCUT2D eigenvalue weighted by Crippen LogP contribution is 2.27. The topological polar surface area (TPSA) is 89.0 Å². The van der Waals surface area contributed by atoms with E-state index in [1.807, 2.05) is 36.4 Å². The molecule has 0 fully saturated rings. The van der Waals surface area contributed by atoms with Crippen molar-refractivity contribution < 1.29 is 19.1 Å². The van der Waals surface area contributed by atoms with E-state index in [2.05, 4.69) is 29.7 Å². The van der Waals surface area contributed by atoms with E-state index < -0.39 is 11.8 Å². The smallest absolute Gasteiger partial charge is 0.329 e. The van der Waals surface area contributed by atoms with Crippen LogP contribution in [-0.4, -0.2) is 38.8 Å². The van der Waals surface area contributed by atoms with Gasteiger partial charge in [-0.05, 0) is 41.2 Å². The van der Waals surface area contributed by atoms with Crippen molar-refractivity contribution in [3.63, 3.8) is 0 Å². The summed E-state index contributed by atoms with van der Waals surface area (Å²) < 4.78 is 10.4. The summed E-state index contributed by atoms with van der Waals surface area (Å²) in [5, 5.41) is 6.40. The van der Waals surface area contributed by atoms with Crippen LogP contribution in [0, 0.1) is 0 Å². The average molecular weight is 397 g/mol. The zero-order valence-electron chi connectivity index (χ0n) is 17.2. The van der Waals surface area contributed by atoms with E-state index in [9.17, 15) is 9.59 Å². The Bertz CT molecular complexity index is 861. The third-order valence-corrected chi connectivity index (χ3v) is 4.34. The molecule has 2 amide bonds. The van der Waals surface area contributed by atoms with Crippen molar-refractivity contribution in [2.24, 2.45) is 5.10 Å². The van der Waals surface area contributed by atoms with Gasteiger partial charge in [-0.15, -0.1) is 0 Å². The summed E-state index contributed by atoms with van der Waals surface area (Å²) in [5.41, 5.74) is 5.24. The number of hydrazone groups is 1. The van der Waals surface area contributed by atoms with Crippen LogP contribution in [0.4, 0.5) is 0 Å². The summed E-state index contributed by atoms with van der Waals surface area (Å²) >= 11 is 0. The maximum absolute atomic E-state index is 11.9. The van der Waals surface area contributed by atoms with Crippen LogP contribution in [0.2, 0.25) is 0 Å². The van der Waals surface area contributed by atoms with Crippen LogP contribution in [0.1, 0.15) is 36.5 Å². The number of hydrogen-bond acceptors (Lipinski definition) is 5. The molecule has 0 heterocycles. The van der Waals surface area contributed by atoms with Crippen molar-refractivity contribution in [1.82, 2.24) is 10.7 Å². The second-order valence-corrected chi connectivity index (χ2v) is 6.72. The van der Waals surface area contributed by atoms with Gasteiger partial charge in [0.25, 0.3) is 0 Å². The average Bonchev–Trinajstić information content (AvgIpc) is 2.73. The SMILES string of the molecule is COc1ccc(CCNC(=O)C(=O)NN=Cc2ccc(C(C)C)cc2)cc1OC. The van der Waals surface area contributed by atoms with Gasteiger partial charge in [0, 0.05) is 6.54 Å². The van der Waals surface area contributed by atoms with Gasteiger partial charge in [0.15, 0.2) is 11.5 Å². The minimum Gasteiger partial charge on any atom is -0.493 e. The third-order valence-electron chi connectivity index (χ3n) is 4.34. The molecule has 0 unspecified atom stereocenters. The molecule has 2 N–H and O–H groups in total. The molecular formula is C22H27N3O4. The summed E-state index contributed by atoms with van der Waals surface area (Å²) in [7, 11) is 3.13. The van der Waals surface area contributed by atoms with Gasteiger partial charge in [-0.2, -0.15) is 5.10 Å². The second-order valence-electron chi connectivity index (χ2n) is 6.72. The number of ether oxygens (including phenoxy) is 2. The first-order valence-corrected chi connectivity index (χ1v) is 9.36. The lowest BCUT2D eigenvalue weighted by atomic mass is 10.0. The summed E-state index contributed by atoms with van der Waals surface area (Å²) in [5.74, 6) is 0.148. The third kappa shape index (κ3) is 6.64. The molecule has 7 heteroatoms. The van der Waals surface area contributed by atoms with Gasteiger partial charge in [0.05, 0.1) is 20.4 Å². The fraction of sp³-hybridized carbons (Fsp3) is 0.318. The highest BCUT2D eigenvalue weighted by molar-refractivity contribution is 6.35. The fourth-order valence-corrected chi connectivity index (χ4v) is 2.62. The first kappa shape index (κ1) is 21.9. The highest BCUT2D eigenvalue weighted by atomic mass is 16.5. The lowest BCUT2D eigenvalue weighted by Gasteiger charge is -2.10. The van der Waals surface area contributed by atoms with E-state index in [-0.39, 0.29) is 0 Å². The number of carbonyl (C=O) groups is 2. The first-order chi connectivity index (χ1) is 13.9. The molecule has 0 aliphatic rings. The predicted molar refractivity (Wildman–Crippen MR) is 113 cm³/mol. The number of nitrogens with one attached hydrogen (secondary N) is 2. The van der Waals surface area contributed by atoms with Crippen LogP contribution < -0.4 is 20.2 Å². The largest absolute Gasteiger partial charge is 0.493 e. The van der Waals surface area contributed by atoms with Crippen molar-refractivity contribution in [3.8, 4) is 11.5 Å². The molecule has 0 atom stereocenters. The van der Waals surface area contributed by atoms with Crippen molar-refractivity contribution in [3.05, 3.63) is 59.2 Å². The zero-order chi connectivity index (χ0) is 21.2. The molecule has 2 aromatic carbocycles. The molecule has 7 nitrogen and oxygen atoms in total. The maximum Gasteiger partial charge on any atom is 0.329 e. The molecule has 2 aromatic rings. The number of amides is 2. The van der Waals surface area contributed by atoms with Gasteiger partial charge in [-0.1, -0.05) is 44.2 Å². The van der Waals surface area contributed by atoms with Gasteiger partial charge in [-0.25, -0.2) is 5.43 Å². The maximum atomic E-state index is 11.9. The van der Waals surface area contributed by atoms with Gasteiger partial charge < -0.3 is 14.8 Å². The van der Waals surface area contributed by atoms with E-state index in [4.69, 9.17) is 9.47 Å². The van der Waals surface area contributed by atoms with Gasteiger partial charge in [0.1, 0.15) is 0 Å². The molecule has 2 rings (SSSR count). The molecule has 0 saturated heterocycles. The fourth-order valence-electron chi connectivity index (χ4n) is 2.62. The molecule has 0 spiro atoms. The van der Waals surface area contributed by atoms with Crippen LogP contribution in [-0.2, 0) is 16.0 Å². The monoisotopic (exact) mass is 397 g/mol. The zero-order valence-corrected chi connectivity index (χ0v) is 17.2. The van der Waals surface area contributed by atoms with Crippen molar-refractivity contribution in [2.45, 2.75) is 26.2 Å². The van der Waals surface area contributed by atoms with Crippen molar-refractivity contribution in [1.29, 1.82) is 0 Å². The molecular weight excluding hydrogens is 370 g/mol. The number of rotatable bonds is 8. The van der Waals surface area contributed by atoms with E-state index >= 15 is 0 Å². The molecule has 0 aliphatic carbocycles. The van der Waals surface area contributed by atoms with Gasteiger partial charge >= 0.3 is 11.8 Å². The number of benzene rings is 2. The molecule has 0 saturated carbocycles. The molecule has 0 bridgehead atoms. The number of carbonyl (C=O) groups excluding carboxylic acids is 2. The molecule has 0 aromatic heterocycles. The van der Waals surface area contributed by atoms with E-state index in [1.54, 1.807) is 20.3 Å². The van der Waals surface area contributed by atoms with E-state index in [1.165, 1.54) is 11.8 Å². The Balaban J connectivity index is 1.78. The van der Waals surface area contributed by atoms with Gasteiger partial charge in [-0.3, -0.25) is 9.59 Å². The Kier molecular flexibility index (Phi) is 8.21. The summed E-state index contributed by atoms with van der Waals surface area (Å²) in [6.45, 7) is 4.54. The van der Waals surface area contributed by atoms with E-state index in [0.29, 0.717) is 30.4 Å².